The number of hydrogen-bond donors (Lipinski definition) is 1. The van der Waals surface area contributed by atoms with E-state index in [1.165, 1.54) is 21.3 Å². The van der Waals surface area contributed by atoms with Crippen molar-refractivity contribution in [2.75, 3.05) is 6.26 Å². The summed E-state index contributed by atoms with van der Waals surface area (Å²) in [7, 11) is -1.63. The summed E-state index contributed by atoms with van der Waals surface area (Å²) in [5.41, 5.74) is 0.0515. The van der Waals surface area contributed by atoms with Gasteiger partial charge in [-0.1, -0.05) is 25.5 Å². The molecule has 0 amide bonds. The topological polar surface area (TPSA) is 133 Å². The lowest BCUT2D eigenvalue weighted by molar-refractivity contribution is 0.0459. The Morgan fingerprint density at radius 1 is 1.26 bits per heavy atom. The molecule has 3 rings (SSSR count). The Balaban J connectivity index is 1.86. The molecule has 1 N–H and O–H groups in total. The molecule has 31 heavy (non-hydrogen) atoms. The third-order valence-electron chi connectivity index (χ3n) is 4.76. The molecule has 0 unspecified atom stereocenters. The average Bonchev–Trinajstić information content (AvgIpc) is 3.01. The van der Waals surface area contributed by atoms with Crippen LogP contribution < -0.4 is 11.2 Å². The Hall–Kier alpha value is -3.21. The van der Waals surface area contributed by atoms with Crippen molar-refractivity contribution in [1.82, 2.24) is 19.1 Å². The Morgan fingerprint density at radius 3 is 2.68 bits per heavy atom. The Morgan fingerprint density at radius 2 is 2.00 bits per heavy atom. The van der Waals surface area contributed by atoms with Crippen LogP contribution in [0.5, 0.6) is 0 Å². The molecule has 0 aliphatic rings. The molecular formula is C20H24N4O6S. The van der Waals surface area contributed by atoms with Crippen LogP contribution in [-0.2, 0) is 40.5 Å². The molecule has 0 aliphatic heterocycles. The van der Waals surface area contributed by atoms with Crippen LogP contribution in [0, 0.1) is 0 Å². The van der Waals surface area contributed by atoms with E-state index < -0.39 is 27.1 Å². The van der Waals surface area contributed by atoms with Crippen molar-refractivity contribution in [3.63, 3.8) is 0 Å². The number of imidazole rings is 1. The lowest BCUT2D eigenvalue weighted by Crippen LogP contribution is -2.31. The fourth-order valence-corrected chi connectivity index (χ4v) is 4.03. The maximum Gasteiger partial charge on any atom is 0.338 e. The fourth-order valence-electron chi connectivity index (χ4n) is 3.25. The van der Waals surface area contributed by atoms with Gasteiger partial charge in [-0.05, 0) is 24.1 Å². The number of aromatic nitrogens is 4. The maximum absolute atomic E-state index is 12.5. The van der Waals surface area contributed by atoms with E-state index in [4.69, 9.17) is 4.74 Å². The molecule has 0 radical (unpaired) electrons. The van der Waals surface area contributed by atoms with Crippen LogP contribution in [0.15, 0.2) is 33.9 Å². The van der Waals surface area contributed by atoms with Gasteiger partial charge in [0, 0.05) is 19.8 Å². The molecule has 0 atom stereocenters. The largest absolute Gasteiger partial charge is 0.454 e. The first kappa shape index (κ1) is 22.5. The zero-order chi connectivity index (χ0) is 22.8. The Kier molecular flexibility index (Phi) is 6.44. The summed E-state index contributed by atoms with van der Waals surface area (Å²) >= 11 is 0. The summed E-state index contributed by atoms with van der Waals surface area (Å²) in [5, 5.41) is 0. The molecule has 0 bridgehead atoms. The second-order valence-electron chi connectivity index (χ2n) is 7.37. The molecule has 11 heteroatoms. The van der Waals surface area contributed by atoms with Gasteiger partial charge in [0.15, 0.2) is 21.0 Å². The zero-order valence-corrected chi connectivity index (χ0v) is 18.4. The molecule has 0 saturated heterocycles. The highest BCUT2D eigenvalue weighted by Crippen LogP contribution is 2.14. The first-order valence-corrected chi connectivity index (χ1v) is 11.8. The van der Waals surface area contributed by atoms with Crippen molar-refractivity contribution >= 4 is 27.0 Å². The standard InChI is InChI=1S/C20H24N4O6S/c1-4-5-9-24-17-16(18(25)22-20(24)27)23(2)15(21-17)11-30-19(26)14-8-6-7-13(10-14)12-31(3,28)29/h6-8,10H,4-5,9,11-12H2,1-3H3,(H,22,25,27). The third kappa shape index (κ3) is 5.10. The second kappa shape index (κ2) is 8.88. The molecule has 2 aromatic heterocycles. The van der Waals surface area contributed by atoms with Gasteiger partial charge in [0.25, 0.3) is 5.56 Å². The number of fused-ring (bicyclic) bond motifs is 1. The van der Waals surface area contributed by atoms with Crippen molar-refractivity contribution in [2.45, 2.75) is 38.7 Å². The van der Waals surface area contributed by atoms with Crippen LogP contribution >= 0.6 is 0 Å². The second-order valence-corrected chi connectivity index (χ2v) is 9.51. The molecule has 2 heterocycles. The first-order valence-electron chi connectivity index (χ1n) is 9.73. The summed E-state index contributed by atoms with van der Waals surface area (Å²) in [6, 6.07) is 6.19. The molecule has 0 spiro atoms. The number of hydrogen-bond acceptors (Lipinski definition) is 7. The van der Waals surface area contributed by atoms with E-state index in [-0.39, 0.29) is 29.1 Å². The van der Waals surface area contributed by atoms with Crippen LogP contribution in [0.3, 0.4) is 0 Å². The number of benzene rings is 1. The number of carbonyl (C=O) groups excluding carboxylic acids is 1. The van der Waals surface area contributed by atoms with Gasteiger partial charge in [-0.25, -0.2) is 23.0 Å². The first-order chi connectivity index (χ1) is 14.6. The highest BCUT2D eigenvalue weighted by atomic mass is 32.2. The van der Waals surface area contributed by atoms with Gasteiger partial charge in [-0.2, -0.15) is 0 Å². The van der Waals surface area contributed by atoms with Crippen LogP contribution in [0.1, 0.15) is 41.5 Å². The predicted molar refractivity (Wildman–Crippen MR) is 115 cm³/mol. The van der Waals surface area contributed by atoms with Crippen molar-refractivity contribution in [1.29, 1.82) is 0 Å². The third-order valence-corrected chi connectivity index (χ3v) is 5.62. The highest BCUT2D eigenvalue weighted by Gasteiger charge is 2.18. The summed E-state index contributed by atoms with van der Waals surface area (Å²) in [6.45, 7) is 2.18. The number of carbonyl (C=O) groups is 1. The van der Waals surface area contributed by atoms with E-state index in [0.717, 1.165) is 19.1 Å². The van der Waals surface area contributed by atoms with Crippen LogP contribution in [0.4, 0.5) is 0 Å². The van der Waals surface area contributed by atoms with Crippen molar-refractivity contribution in [2.24, 2.45) is 7.05 Å². The number of esters is 1. The molecule has 166 valence electrons. The summed E-state index contributed by atoms with van der Waals surface area (Å²) < 4.78 is 31.2. The van der Waals surface area contributed by atoms with Gasteiger partial charge in [0.1, 0.15) is 12.4 Å². The highest BCUT2D eigenvalue weighted by molar-refractivity contribution is 7.89. The minimum atomic E-state index is -3.24. The van der Waals surface area contributed by atoms with Gasteiger partial charge in [-0.3, -0.25) is 14.3 Å². The fraction of sp³-hybridized carbons (Fsp3) is 0.400. The Labute approximate surface area is 178 Å². The van der Waals surface area contributed by atoms with E-state index >= 15 is 0 Å². The monoisotopic (exact) mass is 448 g/mol. The average molecular weight is 449 g/mol. The van der Waals surface area contributed by atoms with E-state index in [1.807, 2.05) is 6.92 Å². The number of rotatable bonds is 8. The number of H-pyrrole nitrogens is 1. The number of nitrogens with one attached hydrogen (secondary N) is 1. The minimum Gasteiger partial charge on any atom is -0.454 e. The molecular weight excluding hydrogens is 424 g/mol. The Bertz CT molecular complexity index is 1350. The number of aryl methyl sites for hydroxylation is 2. The number of ether oxygens (including phenoxy) is 1. The molecule has 10 nitrogen and oxygen atoms in total. The van der Waals surface area contributed by atoms with Gasteiger partial charge in [0.05, 0.1) is 11.3 Å². The molecule has 0 fully saturated rings. The smallest absolute Gasteiger partial charge is 0.338 e. The van der Waals surface area contributed by atoms with Crippen LogP contribution in [0.2, 0.25) is 0 Å². The normalized spacial score (nSPS) is 11.7. The number of aromatic amines is 1. The van der Waals surface area contributed by atoms with E-state index in [9.17, 15) is 22.8 Å². The van der Waals surface area contributed by atoms with Crippen molar-refractivity contribution < 1.29 is 17.9 Å². The van der Waals surface area contributed by atoms with Crippen LogP contribution in [0.25, 0.3) is 11.2 Å². The van der Waals surface area contributed by atoms with Crippen LogP contribution in [-0.4, -0.2) is 39.7 Å². The zero-order valence-electron chi connectivity index (χ0n) is 17.5. The molecule has 0 saturated carbocycles. The summed E-state index contributed by atoms with van der Waals surface area (Å²) in [5.74, 6) is -0.534. The number of sulfone groups is 1. The van der Waals surface area contributed by atoms with Crippen molar-refractivity contribution in [3.05, 3.63) is 62.1 Å². The quantitative estimate of drug-likeness (QED) is 0.511. The van der Waals surface area contributed by atoms with Gasteiger partial charge < -0.3 is 9.30 Å². The lowest BCUT2D eigenvalue weighted by atomic mass is 10.1. The molecule has 0 aliphatic carbocycles. The van der Waals surface area contributed by atoms with Crippen molar-refractivity contribution in [3.8, 4) is 0 Å². The number of unbranched alkanes of at least 4 members (excludes halogenated alkanes) is 1. The lowest BCUT2D eigenvalue weighted by Gasteiger charge is -2.06. The van der Waals surface area contributed by atoms with E-state index in [1.54, 1.807) is 19.2 Å². The van der Waals surface area contributed by atoms with Gasteiger partial charge in [0.2, 0.25) is 0 Å². The molecule has 3 aromatic rings. The summed E-state index contributed by atoms with van der Waals surface area (Å²) in [6.07, 6.45) is 2.72. The minimum absolute atomic E-state index is 0.184. The number of nitrogens with zero attached hydrogens (tertiary/aromatic N) is 3. The van der Waals surface area contributed by atoms with Gasteiger partial charge in [-0.15, -0.1) is 0 Å². The maximum atomic E-state index is 12.5. The predicted octanol–water partition coefficient (Wildman–Crippen LogP) is 1.12. The summed E-state index contributed by atoms with van der Waals surface area (Å²) in [4.78, 5) is 43.6. The SMILES string of the molecule is CCCCn1c(=O)[nH]c(=O)c2c1nc(COC(=O)c1cccc(CS(C)(=O)=O)c1)n2C. The van der Waals surface area contributed by atoms with E-state index in [2.05, 4.69) is 9.97 Å². The van der Waals surface area contributed by atoms with Gasteiger partial charge >= 0.3 is 11.7 Å². The molecule has 1 aromatic carbocycles. The van der Waals surface area contributed by atoms with E-state index in [0.29, 0.717) is 17.9 Å².